The average Bonchev–Trinajstić information content (AvgIpc) is 2.73. The normalized spacial score (nSPS) is 16.0. The Hall–Kier alpha value is -2.33. The third-order valence-electron chi connectivity index (χ3n) is 5.23. The number of rotatable bonds is 8. The lowest BCUT2D eigenvalue weighted by Gasteiger charge is -2.34. The van der Waals surface area contributed by atoms with Gasteiger partial charge in [-0.3, -0.25) is 15.0 Å². The fraction of sp³-hybridized carbons (Fsp3) is 0.400. The first-order valence-electron chi connectivity index (χ1n) is 9.65. The summed E-state index contributed by atoms with van der Waals surface area (Å²) < 4.78 is 27.9. The van der Waals surface area contributed by atoms with Gasteiger partial charge in [0.15, 0.2) is 4.90 Å². The van der Waals surface area contributed by atoms with Crippen LogP contribution in [0.5, 0.6) is 0 Å². The number of hydrogen-bond acceptors (Lipinski definition) is 6. The lowest BCUT2D eigenvalue weighted by atomic mass is 10.1. The highest BCUT2D eigenvalue weighted by atomic mass is 32.2. The second-order valence-corrected chi connectivity index (χ2v) is 8.76. The molecule has 0 saturated carbocycles. The van der Waals surface area contributed by atoms with E-state index in [0.29, 0.717) is 0 Å². The molecule has 0 unspecified atom stereocenters. The summed E-state index contributed by atoms with van der Waals surface area (Å²) in [7, 11) is -4.01. The lowest BCUT2D eigenvalue weighted by molar-refractivity contribution is -0.387. The van der Waals surface area contributed by atoms with Crippen LogP contribution in [0.2, 0.25) is 0 Å². The minimum Gasteiger partial charge on any atom is -0.301 e. The molecule has 1 aliphatic heterocycles. The van der Waals surface area contributed by atoms with Crippen molar-refractivity contribution in [3.05, 3.63) is 69.8 Å². The van der Waals surface area contributed by atoms with E-state index in [1.54, 1.807) is 0 Å². The molecule has 0 atom stereocenters. The van der Waals surface area contributed by atoms with Gasteiger partial charge in [-0.05, 0) is 23.7 Å². The number of nitrogens with zero attached hydrogens (tertiary/aromatic N) is 3. The first-order valence-corrected chi connectivity index (χ1v) is 11.1. The molecule has 1 heterocycles. The van der Waals surface area contributed by atoms with Crippen LogP contribution in [0.15, 0.2) is 53.4 Å². The minimum absolute atomic E-state index is 0.0828. The monoisotopic (exact) mass is 418 g/mol. The summed E-state index contributed by atoms with van der Waals surface area (Å²) in [5, 5.41) is 11.2. The maximum absolute atomic E-state index is 12.7. The summed E-state index contributed by atoms with van der Waals surface area (Å²) in [4.78, 5) is 14.9. The molecule has 29 heavy (non-hydrogen) atoms. The Morgan fingerprint density at radius 2 is 1.55 bits per heavy atom. The Kier molecular flexibility index (Phi) is 6.96. The third kappa shape index (κ3) is 5.39. The fourth-order valence-corrected chi connectivity index (χ4v) is 4.65. The van der Waals surface area contributed by atoms with Crippen LogP contribution in [0.25, 0.3) is 0 Å². The van der Waals surface area contributed by atoms with Crippen molar-refractivity contribution in [1.29, 1.82) is 0 Å². The number of para-hydroxylation sites is 1. The van der Waals surface area contributed by atoms with Gasteiger partial charge < -0.3 is 4.90 Å². The van der Waals surface area contributed by atoms with E-state index in [9.17, 15) is 18.5 Å². The summed E-state index contributed by atoms with van der Waals surface area (Å²) in [6.07, 6.45) is 0. The predicted octanol–water partition coefficient (Wildman–Crippen LogP) is 2.21. The third-order valence-corrected chi connectivity index (χ3v) is 6.68. The summed E-state index contributed by atoms with van der Waals surface area (Å²) in [6.45, 7) is 8.06. The Morgan fingerprint density at radius 3 is 2.21 bits per heavy atom. The maximum Gasteiger partial charge on any atom is 0.289 e. The van der Waals surface area contributed by atoms with Crippen molar-refractivity contribution < 1.29 is 13.3 Å². The van der Waals surface area contributed by atoms with Crippen LogP contribution in [-0.4, -0.2) is 55.9 Å². The van der Waals surface area contributed by atoms with Gasteiger partial charge in [0, 0.05) is 45.3 Å². The van der Waals surface area contributed by atoms with Gasteiger partial charge in [-0.15, -0.1) is 0 Å². The van der Waals surface area contributed by atoms with E-state index in [-0.39, 0.29) is 11.4 Å². The zero-order valence-electron chi connectivity index (χ0n) is 16.5. The predicted molar refractivity (Wildman–Crippen MR) is 111 cm³/mol. The number of sulfonamides is 1. The van der Waals surface area contributed by atoms with Gasteiger partial charge in [0.05, 0.1) is 4.92 Å². The minimum atomic E-state index is -4.01. The molecule has 0 spiro atoms. The van der Waals surface area contributed by atoms with Crippen LogP contribution < -0.4 is 4.72 Å². The molecule has 0 radical (unpaired) electrons. The number of hydrogen-bond donors (Lipinski definition) is 1. The summed E-state index contributed by atoms with van der Waals surface area (Å²) in [5.74, 6) is 0. The Bertz CT molecular complexity index is 956. The first-order chi connectivity index (χ1) is 13.9. The van der Waals surface area contributed by atoms with Crippen LogP contribution in [0, 0.1) is 10.1 Å². The Morgan fingerprint density at radius 1 is 0.966 bits per heavy atom. The van der Waals surface area contributed by atoms with E-state index in [1.165, 1.54) is 24.3 Å². The van der Waals surface area contributed by atoms with Gasteiger partial charge in [0.25, 0.3) is 5.69 Å². The van der Waals surface area contributed by atoms with Crippen LogP contribution in [0.4, 0.5) is 5.69 Å². The number of nitrogens with one attached hydrogen (secondary N) is 1. The molecule has 1 saturated heterocycles. The Balaban J connectivity index is 1.71. The second-order valence-electron chi connectivity index (χ2n) is 7.03. The van der Waals surface area contributed by atoms with Crippen molar-refractivity contribution in [3.63, 3.8) is 0 Å². The summed E-state index contributed by atoms with van der Waals surface area (Å²) in [5.41, 5.74) is 1.50. The number of piperazine rings is 1. The van der Waals surface area contributed by atoms with Gasteiger partial charge in [0.2, 0.25) is 10.0 Å². The molecule has 2 aromatic carbocycles. The lowest BCUT2D eigenvalue weighted by Crippen LogP contribution is -2.45. The molecule has 0 amide bonds. The number of benzene rings is 2. The van der Waals surface area contributed by atoms with Crippen molar-refractivity contribution in [2.24, 2.45) is 0 Å². The van der Waals surface area contributed by atoms with Crippen molar-refractivity contribution in [1.82, 2.24) is 14.5 Å². The van der Waals surface area contributed by atoms with Gasteiger partial charge in [-0.2, -0.15) is 0 Å². The highest BCUT2D eigenvalue weighted by molar-refractivity contribution is 7.89. The van der Waals surface area contributed by atoms with Crippen molar-refractivity contribution in [2.75, 3.05) is 32.7 Å². The molecule has 0 aromatic heterocycles. The van der Waals surface area contributed by atoms with Crippen LogP contribution in [0.3, 0.4) is 0 Å². The van der Waals surface area contributed by atoms with E-state index < -0.39 is 20.6 Å². The topological polar surface area (TPSA) is 95.8 Å². The van der Waals surface area contributed by atoms with Crippen LogP contribution in [-0.2, 0) is 23.1 Å². The molecule has 3 rings (SSSR count). The molecule has 0 aliphatic carbocycles. The van der Waals surface area contributed by atoms with E-state index in [1.807, 2.05) is 24.3 Å². The standard InChI is InChI=1S/C20H26N4O4S/c1-2-22-11-13-23(14-12-22)16-18-8-4-3-7-17(18)15-21-29(27,28)20-10-6-5-9-19(20)24(25)26/h3-10,21H,2,11-16H2,1H3. The van der Waals surface area contributed by atoms with E-state index in [2.05, 4.69) is 21.4 Å². The largest absolute Gasteiger partial charge is 0.301 e. The zero-order valence-corrected chi connectivity index (χ0v) is 17.3. The molecule has 1 N–H and O–H groups in total. The highest BCUT2D eigenvalue weighted by Crippen LogP contribution is 2.23. The number of likely N-dealkylation sites (N-methyl/N-ethyl adjacent to an activating group) is 1. The zero-order chi connectivity index (χ0) is 20.9. The van der Waals surface area contributed by atoms with Crippen LogP contribution in [0.1, 0.15) is 18.1 Å². The van der Waals surface area contributed by atoms with Crippen LogP contribution >= 0.6 is 0 Å². The summed E-state index contributed by atoms with van der Waals surface area (Å²) >= 11 is 0. The number of nitro groups is 1. The SMILES string of the molecule is CCN1CCN(Cc2ccccc2CNS(=O)(=O)c2ccccc2[N+](=O)[O-])CC1. The van der Waals surface area contributed by atoms with E-state index >= 15 is 0 Å². The smallest absolute Gasteiger partial charge is 0.289 e. The highest BCUT2D eigenvalue weighted by Gasteiger charge is 2.25. The molecular weight excluding hydrogens is 392 g/mol. The maximum atomic E-state index is 12.7. The van der Waals surface area contributed by atoms with Crippen molar-refractivity contribution in [3.8, 4) is 0 Å². The van der Waals surface area contributed by atoms with Crippen molar-refractivity contribution >= 4 is 15.7 Å². The fourth-order valence-electron chi connectivity index (χ4n) is 3.47. The first kappa shape index (κ1) is 21.4. The van der Waals surface area contributed by atoms with Crippen molar-refractivity contribution in [2.45, 2.75) is 24.9 Å². The van der Waals surface area contributed by atoms with Gasteiger partial charge in [-0.1, -0.05) is 43.3 Å². The summed E-state index contributed by atoms with van der Waals surface area (Å²) in [6, 6.07) is 13.1. The quantitative estimate of drug-likeness (QED) is 0.522. The Labute approximate surface area is 171 Å². The molecule has 0 bridgehead atoms. The van der Waals surface area contributed by atoms with E-state index in [4.69, 9.17) is 0 Å². The molecule has 2 aromatic rings. The van der Waals surface area contributed by atoms with Gasteiger partial charge in [-0.25, -0.2) is 13.1 Å². The molecule has 1 fully saturated rings. The average molecular weight is 419 g/mol. The van der Waals surface area contributed by atoms with Gasteiger partial charge in [0.1, 0.15) is 0 Å². The molecule has 8 nitrogen and oxygen atoms in total. The number of nitro benzene ring substituents is 1. The second kappa shape index (κ2) is 9.45. The molecule has 156 valence electrons. The molecular formula is C20H26N4O4S. The molecule has 1 aliphatic rings. The molecule has 9 heteroatoms. The van der Waals surface area contributed by atoms with Gasteiger partial charge >= 0.3 is 0 Å². The van der Waals surface area contributed by atoms with E-state index in [0.717, 1.165) is 50.4 Å².